The van der Waals surface area contributed by atoms with Gasteiger partial charge in [-0.2, -0.15) is 5.06 Å². The molecule has 2 aromatic rings. The van der Waals surface area contributed by atoms with Crippen LogP contribution in [0.3, 0.4) is 0 Å². The summed E-state index contributed by atoms with van der Waals surface area (Å²) in [5.74, 6) is 0. The molecule has 106 valence electrons. The third kappa shape index (κ3) is 4.02. The molecule has 0 fully saturated rings. The second-order valence-electron chi connectivity index (χ2n) is 4.49. The first-order valence-electron chi connectivity index (χ1n) is 6.31. The molecule has 4 nitrogen and oxygen atoms in total. The fourth-order valence-corrected chi connectivity index (χ4v) is 3.28. The van der Waals surface area contributed by atoms with E-state index in [4.69, 9.17) is 9.15 Å². The largest absolute Gasteiger partial charge is 0.378 e. The summed E-state index contributed by atoms with van der Waals surface area (Å²) in [6.07, 6.45) is 0. The summed E-state index contributed by atoms with van der Waals surface area (Å²) in [5, 5.41) is 1.95. The van der Waals surface area contributed by atoms with Crippen LogP contribution in [0.1, 0.15) is 5.56 Å². The van der Waals surface area contributed by atoms with E-state index in [0.717, 1.165) is 5.56 Å². The Morgan fingerprint density at radius 2 is 1.50 bits per heavy atom. The molecule has 2 rings (SSSR count). The van der Waals surface area contributed by atoms with E-state index in [-0.39, 0.29) is 6.61 Å². The van der Waals surface area contributed by atoms with Crippen molar-refractivity contribution >= 4 is 12.9 Å². The Bertz CT molecular complexity index is 572. The average Bonchev–Trinajstić information content (AvgIpc) is 2.47. The Labute approximate surface area is 119 Å². The predicted octanol–water partition coefficient (Wildman–Crippen LogP) is 3.22. The van der Waals surface area contributed by atoms with Gasteiger partial charge in [-0.25, -0.2) is 4.62 Å². The van der Waals surface area contributed by atoms with Gasteiger partial charge in [0.25, 0.3) is 0 Å². The monoisotopic (exact) mass is 291 g/mol. The van der Waals surface area contributed by atoms with E-state index < -0.39 is 7.60 Å². The quantitative estimate of drug-likeness (QED) is 0.605. The van der Waals surface area contributed by atoms with Crippen LogP contribution in [0.4, 0.5) is 0 Å². The summed E-state index contributed by atoms with van der Waals surface area (Å²) in [6.45, 7) is 0.237. The second-order valence-corrected chi connectivity index (χ2v) is 6.42. The molecule has 0 bridgehead atoms. The molecule has 0 N–H and O–H groups in total. The number of nitrogens with zero attached hydrogens (tertiary/aromatic N) is 1. The fraction of sp³-hybridized carbons (Fsp3) is 0.200. The molecule has 0 aliphatic rings. The Morgan fingerprint density at radius 3 is 2.05 bits per heavy atom. The van der Waals surface area contributed by atoms with Crippen molar-refractivity contribution < 1.29 is 13.7 Å². The highest BCUT2D eigenvalue weighted by Crippen LogP contribution is 2.48. The summed E-state index contributed by atoms with van der Waals surface area (Å²) in [7, 11) is -0.00334. The van der Waals surface area contributed by atoms with Gasteiger partial charge in [0.15, 0.2) is 0 Å². The van der Waals surface area contributed by atoms with Crippen LogP contribution < -0.4 is 5.30 Å². The minimum Gasteiger partial charge on any atom is -0.299 e. The van der Waals surface area contributed by atoms with Gasteiger partial charge >= 0.3 is 7.60 Å². The minimum atomic E-state index is -3.37. The van der Waals surface area contributed by atoms with E-state index in [9.17, 15) is 4.57 Å². The van der Waals surface area contributed by atoms with Gasteiger partial charge in [0.1, 0.15) is 0 Å². The van der Waals surface area contributed by atoms with Crippen LogP contribution in [-0.4, -0.2) is 19.2 Å². The zero-order chi connectivity index (χ0) is 14.4. The fourth-order valence-electron chi connectivity index (χ4n) is 1.70. The molecule has 0 saturated carbocycles. The number of hydrogen-bond donors (Lipinski definition) is 0. The Morgan fingerprint density at radius 1 is 0.950 bits per heavy atom. The lowest BCUT2D eigenvalue weighted by Gasteiger charge is -2.21. The van der Waals surface area contributed by atoms with Gasteiger partial charge in [-0.05, 0) is 17.7 Å². The van der Waals surface area contributed by atoms with Crippen molar-refractivity contribution in [1.29, 1.82) is 0 Å². The molecule has 20 heavy (non-hydrogen) atoms. The number of rotatable bonds is 6. The van der Waals surface area contributed by atoms with Gasteiger partial charge in [-0.15, -0.1) is 0 Å². The lowest BCUT2D eigenvalue weighted by Crippen LogP contribution is -2.18. The average molecular weight is 291 g/mol. The maximum atomic E-state index is 12.9. The van der Waals surface area contributed by atoms with Crippen molar-refractivity contribution in [2.24, 2.45) is 0 Å². The van der Waals surface area contributed by atoms with Crippen LogP contribution in [0.25, 0.3) is 0 Å². The third-order valence-electron chi connectivity index (χ3n) is 2.59. The summed E-state index contributed by atoms with van der Waals surface area (Å²) >= 11 is 0. The summed E-state index contributed by atoms with van der Waals surface area (Å²) in [6, 6.07) is 18.6. The third-order valence-corrected chi connectivity index (χ3v) is 4.53. The lowest BCUT2D eigenvalue weighted by molar-refractivity contribution is -0.0191. The molecule has 0 saturated heterocycles. The lowest BCUT2D eigenvalue weighted by atomic mass is 10.2. The van der Waals surface area contributed by atoms with Crippen molar-refractivity contribution in [3.8, 4) is 0 Å². The van der Waals surface area contributed by atoms with Crippen LogP contribution >= 0.6 is 7.60 Å². The predicted molar refractivity (Wildman–Crippen MR) is 79.7 cm³/mol. The molecule has 0 heterocycles. The molecule has 5 heteroatoms. The van der Waals surface area contributed by atoms with Gasteiger partial charge in [0.05, 0.1) is 11.9 Å². The maximum Gasteiger partial charge on any atom is 0.378 e. The SMILES string of the molecule is CN(C)OP(=O)(OCc1ccccc1)c1ccccc1. The van der Waals surface area contributed by atoms with E-state index in [1.807, 2.05) is 48.5 Å². The van der Waals surface area contributed by atoms with E-state index in [1.54, 1.807) is 26.2 Å². The molecule has 0 spiro atoms. The first-order valence-corrected chi connectivity index (χ1v) is 7.85. The second kappa shape index (κ2) is 6.82. The summed E-state index contributed by atoms with van der Waals surface area (Å²) in [4.78, 5) is 0. The molecule has 0 aromatic heterocycles. The highest BCUT2D eigenvalue weighted by molar-refractivity contribution is 7.62. The zero-order valence-electron chi connectivity index (χ0n) is 11.6. The van der Waals surface area contributed by atoms with Crippen molar-refractivity contribution in [3.05, 3.63) is 66.2 Å². The molecule has 2 aromatic carbocycles. The molecule has 0 aliphatic carbocycles. The van der Waals surface area contributed by atoms with Crippen molar-refractivity contribution in [3.63, 3.8) is 0 Å². The minimum absolute atomic E-state index is 0.237. The van der Waals surface area contributed by atoms with E-state index >= 15 is 0 Å². The van der Waals surface area contributed by atoms with Crippen LogP contribution in [0, 0.1) is 0 Å². The first kappa shape index (κ1) is 14.9. The topological polar surface area (TPSA) is 38.8 Å². The van der Waals surface area contributed by atoms with Gasteiger partial charge in [-0.3, -0.25) is 9.09 Å². The van der Waals surface area contributed by atoms with Gasteiger partial charge in [-0.1, -0.05) is 48.5 Å². The number of hydrogen-bond acceptors (Lipinski definition) is 4. The smallest absolute Gasteiger partial charge is 0.299 e. The Hall–Kier alpha value is -1.45. The molecule has 0 radical (unpaired) electrons. The van der Waals surface area contributed by atoms with E-state index in [1.165, 1.54) is 5.06 Å². The molecular weight excluding hydrogens is 273 g/mol. The van der Waals surface area contributed by atoms with Gasteiger partial charge in [0, 0.05) is 14.1 Å². The zero-order valence-corrected chi connectivity index (χ0v) is 12.5. The van der Waals surface area contributed by atoms with Gasteiger partial charge < -0.3 is 0 Å². The highest BCUT2D eigenvalue weighted by atomic mass is 31.2. The van der Waals surface area contributed by atoms with E-state index in [2.05, 4.69) is 0 Å². The molecule has 0 aliphatic heterocycles. The van der Waals surface area contributed by atoms with Crippen molar-refractivity contribution in [2.75, 3.05) is 14.1 Å². The van der Waals surface area contributed by atoms with Crippen molar-refractivity contribution in [1.82, 2.24) is 5.06 Å². The van der Waals surface area contributed by atoms with Gasteiger partial charge in [0.2, 0.25) is 0 Å². The number of hydroxylamine groups is 2. The van der Waals surface area contributed by atoms with Crippen LogP contribution in [0.15, 0.2) is 60.7 Å². The van der Waals surface area contributed by atoms with Crippen molar-refractivity contribution in [2.45, 2.75) is 6.61 Å². The molecular formula is C15H18NO3P. The van der Waals surface area contributed by atoms with E-state index in [0.29, 0.717) is 5.30 Å². The number of benzene rings is 2. The Balaban J connectivity index is 2.18. The highest BCUT2D eigenvalue weighted by Gasteiger charge is 2.29. The molecule has 1 atom stereocenters. The molecule has 0 amide bonds. The van der Waals surface area contributed by atoms with Crippen LogP contribution in [0.2, 0.25) is 0 Å². The summed E-state index contributed by atoms with van der Waals surface area (Å²) in [5.41, 5.74) is 0.950. The normalized spacial score (nSPS) is 14.2. The van der Waals surface area contributed by atoms with Crippen LogP contribution in [-0.2, 0) is 20.3 Å². The first-order chi connectivity index (χ1) is 9.60. The summed E-state index contributed by atoms with van der Waals surface area (Å²) < 4.78 is 23.9. The standard InChI is InChI=1S/C15H18NO3P/c1-16(2)19-20(17,15-11-7-4-8-12-15)18-13-14-9-5-3-6-10-14/h3-12H,13H2,1-2H3. The maximum absolute atomic E-state index is 12.9. The Kier molecular flexibility index (Phi) is 5.10. The van der Waals surface area contributed by atoms with Crippen LogP contribution in [0.5, 0.6) is 0 Å². The molecule has 1 unspecified atom stereocenters.